The summed E-state index contributed by atoms with van der Waals surface area (Å²) in [5, 5.41) is 0. The number of hydrogen-bond acceptors (Lipinski definition) is 9. The van der Waals surface area contributed by atoms with Crippen LogP contribution in [-0.4, -0.2) is 64.9 Å². The number of rotatable bonds is 5. The summed E-state index contributed by atoms with van der Waals surface area (Å²) in [7, 11) is -4.18. The van der Waals surface area contributed by atoms with E-state index in [-0.39, 0.29) is 52.2 Å². The van der Waals surface area contributed by atoms with Crippen molar-refractivity contribution in [2.45, 2.75) is 85.7 Å². The van der Waals surface area contributed by atoms with E-state index in [1.807, 2.05) is 44.4 Å². The third kappa shape index (κ3) is 8.32. The van der Waals surface area contributed by atoms with Crippen LogP contribution in [0.25, 0.3) is 11.3 Å². The molecule has 1 fully saturated rings. The molecule has 4 heterocycles. The lowest BCUT2D eigenvalue weighted by atomic mass is 9.80. The molecule has 0 radical (unpaired) electrons. The van der Waals surface area contributed by atoms with Gasteiger partial charge in [0.25, 0.3) is 15.9 Å². The average molecular weight is 712 g/mol. The Morgan fingerprint density at radius 1 is 0.941 bits per heavy atom. The van der Waals surface area contributed by atoms with Crippen LogP contribution in [0.3, 0.4) is 0 Å². The van der Waals surface area contributed by atoms with Gasteiger partial charge in [-0.15, -0.1) is 0 Å². The molecular formula is C39H49N7O4S. The molecule has 6 rings (SSSR count). The van der Waals surface area contributed by atoms with Crippen LogP contribution in [0.15, 0.2) is 65.8 Å². The van der Waals surface area contributed by atoms with Crippen LogP contribution in [0, 0.1) is 30.6 Å². The first kappa shape index (κ1) is 36.2. The van der Waals surface area contributed by atoms with Crippen LogP contribution in [0.2, 0.25) is 0 Å². The normalized spacial score (nSPS) is 19.4. The highest BCUT2D eigenvalue weighted by Gasteiger charge is 2.34. The molecular weight excluding hydrogens is 663 g/mol. The van der Waals surface area contributed by atoms with Crippen molar-refractivity contribution in [1.82, 2.24) is 24.8 Å². The van der Waals surface area contributed by atoms with Crippen LogP contribution < -0.4 is 14.4 Å². The lowest BCUT2D eigenvalue weighted by Crippen LogP contribution is -2.45. The lowest BCUT2D eigenvalue weighted by Gasteiger charge is -2.35. The third-order valence-corrected chi connectivity index (χ3v) is 11.1. The van der Waals surface area contributed by atoms with E-state index >= 15 is 0 Å². The summed E-state index contributed by atoms with van der Waals surface area (Å²) in [5.41, 5.74) is 4.55. The van der Waals surface area contributed by atoms with Crippen LogP contribution in [0.1, 0.15) is 81.7 Å². The molecule has 4 bridgehead atoms. The molecule has 2 aliphatic rings. The number of fused-ring (bicyclic) bond motifs is 4. The molecule has 2 aromatic heterocycles. The number of carbonyl (C=O) groups excluding carboxylic acids is 1. The first-order chi connectivity index (χ1) is 24.0. The number of ether oxygens (including phenoxy) is 1. The number of benzene rings is 2. The Morgan fingerprint density at radius 2 is 1.63 bits per heavy atom. The number of aromatic nitrogens is 4. The van der Waals surface area contributed by atoms with E-state index < -0.39 is 16.1 Å². The SMILES string of the molecule is Cc1cccc(C)c1-c1cc2nc(n1)NS(=O)(=O)c1cccc(c1)C(=O)N(Cc1ncc(N3CCC(C(C)(C)C)C3)cn1)[C@H](CC(C)(C)C)CO2. The maximum Gasteiger partial charge on any atom is 0.264 e. The van der Waals surface area contributed by atoms with Crippen molar-refractivity contribution >= 4 is 27.6 Å². The zero-order valence-corrected chi connectivity index (χ0v) is 31.7. The second-order valence-corrected chi connectivity index (χ2v) is 17.8. The highest BCUT2D eigenvalue weighted by atomic mass is 32.2. The molecule has 1 saturated heterocycles. The van der Waals surface area contributed by atoms with Crippen molar-refractivity contribution < 1.29 is 17.9 Å². The number of nitrogens with one attached hydrogen (secondary N) is 1. The summed E-state index contributed by atoms with van der Waals surface area (Å²) in [5.74, 6) is 0.785. The van der Waals surface area contributed by atoms with E-state index in [1.54, 1.807) is 23.1 Å². The number of amides is 1. The average Bonchev–Trinajstić information content (AvgIpc) is 3.56. The van der Waals surface area contributed by atoms with Crippen molar-refractivity contribution in [3.05, 3.63) is 83.4 Å². The molecule has 0 saturated carbocycles. The van der Waals surface area contributed by atoms with Gasteiger partial charge < -0.3 is 14.5 Å². The largest absolute Gasteiger partial charge is 0.475 e. The number of aryl methyl sites for hydroxylation is 2. The monoisotopic (exact) mass is 711 g/mol. The van der Waals surface area contributed by atoms with Gasteiger partial charge in [0.15, 0.2) is 0 Å². The summed E-state index contributed by atoms with van der Waals surface area (Å²) >= 11 is 0. The van der Waals surface area contributed by atoms with Gasteiger partial charge in [0.2, 0.25) is 11.8 Å². The summed E-state index contributed by atoms with van der Waals surface area (Å²) in [6.07, 6.45) is 5.37. The Hall–Kier alpha value is -4.58. The number of nitrogens with zero attached hydrogens (tertiary/aromatic N) is 6. The second kappa shape index (κ2) is 13.9. The fourth-order valence-electron chi connectivity index (χ4n) is 6.99. The van der Waals surface area contributed by atoms with Crippen molar-refractivity contribution in [2.75, 3.05) is 29.3 Å². The number of sulfonamides is 1. The van der Waals surface area contributed by atoms with E-state index in [2.05, 4.69) is 61.1 Å². The molecule has 2 atom stereocenters. The van der Waals surface area contributed by atoms with E-state index in [0.29, 0.717) is 23.9 Å². The predicted molar refractivity (Wildman–Crippen MR) is 199 cm³/mol. The maximum atomic E-state index is 14.5. The predicted octanol–water partition coefficient (Wildman–Crippen LogP) is 7.06. The Bertz CT molecular complexity index is 2000. The highest BCUT2D eigenvalue weighted by Crippen LogP contribution is 2.36. The summed E-state index contributed by atoms with van der Waals surface area (Å²) in [6.45, 7) is 19.2. The van der Waals surface area contributed by atoms with E-state index in [9.17, 15) is 13.2 Å². The van der Waals surface area contributed by atoms with Gasteiger partial charge in [-0.05, 0) is 72.8 Å². The van der Waals surface area contributed by atoms with E-state index in [1.165, 1.54) is 12.1 Å². The zero-order valence-electron chi connectivity index (χ0n) is 30.9. The molecule has 1 amide bonds. The highest BCUT2D eigenvalue weighted by molar-refractivity contribution is 7.92. The smallest absolute Gasteiger partial charge is 0.264 e. The summed E-state index contributed by atoms with van der Waals surface area (Å²) < 4.78 is 36.4. The molecule has 2 aliphatic heterocycles. The van der Waals surface area contributed by atoms with Gasteiger partial charge in [0, 0.05) is 30.3 Å². The Morgan fingerprint density at radius 3 is 2.27 bits per heavy atom. The minimum absolute atomic E-state index is 0.0803. The minimum atomic E-state index is -4.18. The zero-order chi connectivity index (χ0) is 36.7. The first-order valence-electron chi connectivity index (χ1n) is 17.5. The molecule has 11 nitrogen and oxygen atoms in total. The van der Waals surface area contributed by atoms with Gasteiger partial charge in [-0.1, -0.05) is 65.8 Å². The molecule has 4 aromatic rings. The fourth-order valence-corrected chi connectivity index (χ4v) is 7.98. The second-order valence-electron chi connectivity index (χ2n) is 16.1. The van der Waals surface area contributed by atoms with Crippen LogP contribution in [-0.2, 0) is 16.6 Å². The molecule has 270 valence electrons. The van der Waals surface area contributed by atoms with Crippen molar-refractivity contribution in [3.8, 4) is 17.1 Å². The number of anilines is 2. The van der Waals surface area contributed by atoms with Crippen molar-refractivity contribution in [3.63, 3.8) is 0 Å². The molecule has 1 N–H and O–H groups in total. The van der Waals surface area contributed by atoms with Crippen LogP contribution >= 0.6 is 0 Å². The van der Waals surface area contributed by atoms with Gasteiger partial charge >= 0.3 is 0 Å². The van der Waals surface area contributed by atoms with Crippen molar-refractivity contribution in [2.24, 2.45) is 16.7 Å². The lowest BCUT2D eigenvalue weighted by molar-refractivity contribution is 0.0505. The Labute approximate surface area is 302 Å². The van der Waals surface area contributed by atoms with Crippen LogP contribution in [0.4, 0.5) is 11.6 Å². The standard InChI is InChI=1S/C39H49N7O4S/c1-25-11-9-12-26(2)35(25)32-18-34-43-37(42-32)44-51(48,49)31-14-10-13-27(17-31)36(47)46(29(24-50-34)19-38(3,4)5)23-33-40-20-30(21-41-33)45-16-15-28(22-45)39(6,7)8/h9-14,17-18,20-21,28-29H,15-16,19,22-24H2,1-8H3,(H,42,43,44)/t28?,29-/m1/s1. The van der Waals surface area contributed by atoms with Gasteiger partial charge in [-0.25, -0.2) is 28.1 Å². The maximum absolute atomic E-state index is 14.5. The van der Waals surface area contributed by atoms with Gasteiger partial charge in [0.05, 0.1) is 41.3 Å². The van der Waals surface area contributed by atoms with E-state index in [0.717, 1.165) is 41.9 Å². The quantitative estimate of drug-likeness (QED) is 0.231. The molecule has 0 aliphatic carbocycles. The fraction of sp³-hybridized carbons (Fsp3) is 0.462. The van der Waals surface area contributed by atoms with Gasteiger partial charge in [0.1, 0.15) is 12.4 Å². The molecule has 12 heteroatoms. The molecule has 1 unspecified atom stereocenters. The van der Waals surface area contributed by atoms with Crippen molar-refractivity contribution in [1.29, 1.82) is 0 Å². The first-order valence-corrected chi connectivity index (χ1v) is 19.0. The Balaban J connectivity index is 1.40. The summed E-state index contributed by atoms with van der Waals surface area (Å²) in [6, 6.07) is 13.2. The summed E-state index contributed by atoms with van der Waals surface area (Å²) in [4.78, 5) is 37.0. The van der Waals surface area contributed by atoms with Gasteiger partial charge in [-0.2, -0.15) is 4.98 Å². The topological polar surface area (TPSA) is 131 Å². The number of hydrogen-bond donors (Lipinski definition) is 1. The molecule has 51 heavy (non-hydrogen) atoms. The number of carbonyl (C=O) groups is 1. The molecule has 2 aromatic carbocycles. The molecule has 0 spiro atoms. The van der Waals surface area contributed by atoms with Crippen LogP contribution in [0.5, 0.6) is 5.88 Å². The van der Waals surface area contributed by atoms with Gasteiger partial charge in [-0.3, -0.25) is 4.79 Å². The third-order valence-electron chi connectivity index (χ3n) is 9.81. The Kier molecular flexibility index (Phi) is 9.84. The minimum Gasteiger partial charge on any atom is -0.475 e. The van der Waals surface area contributed by atoms with E-state index in [4.69, 9.17) is 14.7 Å².